The van der Waals surface area contributed by atoms with Crippen molar-refractivity contribution in [2.45, 2.75) is 38.9 Å². The Kier molecular flexibility index (Phi) is 7.01. The smallest absolute Gasteiger partial charge is 0.107 e. The minimum Gasteiger partial charge on any atom is -0.783 e. The monoisotopic (exact) mass is 334 g/mol. The summed E-state index contributed by atoms with van der Waals surface area (Å²) in [4.78, 5) is 12.2. The standard InChI is InChI=1S/C14H16NO2P.C4H11N/c1-12(13-8-4-2-5-9-13)18(16,17)15-14-10-6-3-7-11-14;1-4(2,3)5/h2-12H,1H3,(H2,15,16,17);5H2,1-3H3. The molecule has 0 fully saturated rings. The van der Waals surface area contributed by atoms with Crippen molar-refractivity contribution in [2.24, 2.45) is 0 Å². The van der Waals surface area contributed by atoms with E-state index in [1.165, 1.54) is 0 Å². The van der Waals surface area contributed by atoms with E-state index in [4.69, 9.17) is 0 Å². The maximum Gasteiger partial charge on any atom is 0.107 e. The summed E-state index contributed by atoms with van der Waals surface area (Å²) in [5, 5.41) is 2.62. The first-order valence-electron chi connectivity index (χ1n) is 7.64. The van der Waals surface area contributed by atoms with Gasteiger partial charge in [0.15, 0.2) is 0 Å². The molecule has 0 radical (unpaired) electrons. The van der Waals surface area contributed by atoms with E-state index >= 15 is 0 Å². The number of rotatable bonds is 4. The molecule has 4 N–H and O–H groups in total. The molecule has 2 aromatic carbocycles. The highest BCUT2D eigenvalue weighted by molar-refractivity contribution is 7.58. The van der Waals surface area contributed by atoms with E-state index < -0.39 is 13.2 Å². The van der Waals surface area contributed by atoms with Gasteiger partial charge in [0.25, 0.3) is 0 Å². The highest BCUT2D eigenvalue weighted by Gasteiger charge is 2.19. The lowest BCUT2D eigenvalue weighted by Gasteiger charge is -2.31. The summed E-state index contributed by atoms with van der Waals surface area (Å²) in [6, 6.07) is 18.1. The molecule has 0 aliphatic rings. The van der Waals surface area contributed by atoms with Crippen LogP contribution >= 0.6 is 7.52 Å². The van der Waals surface area contributed by atoms with Crippen molar-refractivity contribution in [3.8, 4) is 0 Å². The molecule has 126 valence electrons. The topological polar surface area (TPSA) is 79.8 Å². The van der Waals surface area contributed by atoms with Crippen molar-refractivity contribution in [3.05, 3.63) is 66.2 Å². The second kappa shape index (κ2) is 8.30. The highest BCUT2D eigenvalue weighted by atomic mass is 31.2. The fraction of sp³-hybridized carbons (Fsp3) is 0.333. The molecule has 0 aliphatic heterocycles. The fourth-order valence-corrected chi connectivity index (χ4v) is 2.98. The summed E-state index contributed by atoms with van der Waals surface area (Å²) in [6.45, 7) is 7.92. The lowest BCUT2D eigenvalue weighted by Crippen LogP contribution is -2.67. The van der Waals surface area contributed by atoms with E-state index in [0.29, 0.717) is 5.69 Å². The Morgan fingerprint density at radius 2 is 1.39 bits per heavy atom. The molecule has 4 nitrogen and oxygen atoms in total. The van der Waals surface area contributed by atoms with E-state index in [1.807, 2.05) is 36.4 Å². The normalized spacial score (nSPS) is 14.9. The largest absolute Gasteiger partial charge is 0.783 e. The van der Waals surface area contributed by atoms with Crippen LogP contribution in [0.15, 0.2) is 60.7 Å². The number of hydrogen-bond acceptors (Lipinski definition) is 2. The molecule has 23 heavy (non-hydrogen) atoms. The van der Waals surface area contributed by atoms with Gasteiger partial charge in [-0.2, -0.15) is 0 Å². The van der Waals surface area contributed by atoms with E-state index in [9.17, 15) is 9.46 Å². The third-order valence-corrected chi connectivity index (χ3v) is 4.74. The number of hydrogen-bond donors (Lipinski definition) is 2. The SMILES string of the molecule is CC(C)(C)[NH3+].CC(c1ccccc1)P(=O)([O-])Nc1ccccc1. The summed E-state index contributed by atoms with van der Waals surface area (Å²) in [6.07, 6.45) is 0. The Morgan fingerprint density at radius 3 is 1.83 bits per heavy atom. The van der Waals surface area contributed by atoms with Crippen LogP contribution in [0.25, 0.3) is 0 Å². The van der Waals surface area contributed by atoms with Gasteiger partial charge in [0.2, 0.25) is 0 Å². The van der Waals surface area contributed by atoms with Crippen molar-refractivity contribution < 1.29 is 15.2 Å². The Morgan fingerprint density at radius 1 is 1.00 bits per heavy atom. The minimum absolute atomic E-state index is 0.250. The molecule has 5 heteroatoms. The Balaban J connectivity index is 0.000000463. The molecule has 0 heterocycles. The first kappa shape index (κ1) is 19.4. The van der Waals surface area contributed by atoms with Crippen LogP contribution < -0.4 is 15.7 Å². The van der Waals surface area contributed by atoms with Gasteiger partial charge in [-0.1, -0.05) is 55.5 Å². The predicted octanol–water partition coefficient (Wildman–Crippen LogP) is 3.44. The van der Waals surface area contributed by atoms with Gasteiger partial charge < -0.3 is 20.3 Å². The molecule has 0 bridgehead atoms. The zero-order valence-corrected chi connectivity index (χ0v) is 15.2. The van der Waals surface area contributed by atoms with Crippen LogP contribution in [0.1, 0.15) is 38.9 Å². The van der Waals surface area contributed by atoms with Crippen molar-refractivity contribution in [3.63, 3.8) is 0 Å². The fourth-order valence-electron chi connectivity index (χ4n) is 1.72. The molecule has 0 amide bonds. The lowest BCUT2D eigenvalue weighted by atomic mass is 10.1. The number of quaternary nitrogens is 1. The lowest BCUT2D eigenvalue weighted by molar-refractivity contribution is -0.458. The molecule has 0 spiro atoms. The molecule has 2 rings (SSSR count). The van der Waals surface area contributed by atoms with E-state index in [0.717, 1.165) is 5.56 Å². The van der Waals surface area contributed by atoms with Gasteiger partial charge in [0.05, 0.1) is 5.54 Å². The van der Waals surface area contributed by atoms with Crippen LogP contribution in [0.3, 0.4) is 0 Å². The number of anilines is 1. The van der Waals surface area contributed by atoms with E-state index in [1.54, 1.807) is 31.2 Å². The first-order chi connectivity index (χ1) is 10.6. The third kappa shape index (κ3) is 7.98. The maximum absolute atomic E-state index is 12.2. The Bertz CT molecular complexity index is 618. The van der Waals surface area contributed by atoms with Gasteiger partial charge in [-0.3, -0.25) is 0 Å². The predicted molar refractivity (Wildman–Crippen MR) is 95.2 cm³/mol. The number of benzene rings is 2. The van der Waals surface area contributed by atoms with Gasteiger partial charge in [0, 0.05) is 11.3 Å². The molecule has 2 unspecified atom stereocenters. The second-order valence-electron chi connectivity index (χ2n) is 6.72. The number of nitrogens with one attached hydrogen (secondary N) is 1. The zero-order valence-electron chi connectivity index (χ0n) is 14.3. The molecular formula is C18H27N2O2P. The van der Waals surface area contributed by atoms with Crippen molar-refractivity contribution in [1.82, 2.24) is 0 Å². The van der Waals surface area contributed by atoms with Crippen LogP contribution in [0.4, 0.5) is 5.69 Å². The summed E-state index contributed by atoms with van der Waals surface area (Å²) < 4.78 is 12.2. The minimum atomic E-state index is -3.73. The highest BCUT2D eigenvalue weighted by Crippen LogP contribution is 2.50. The molecular weight excluding hydrogens is 307 g/mol. The van der Waals surface area contributed by atoms with Crippen LogP contribution in [-0.2, 0) is 4.57 Å². The Hall–Kier alpha value is -1.61. The van der Waals surface area contributed by atoms with Crippen LogP contribution in [0, 0.1) is 0 Å². The molecule has 2 aromatic rings. The quantitative estimate of drug-likeness (QED) is 0.841. The summed E-state index contributed by atoms with van der Waals surface area (Å²) in [5.41, 5.74) is 4.85. The molecule has 0 aliphatic carbocycles. The van der Waals surface area contributed by atoms with Gasteiger partial charge in [-0.05, 0) is 38.5 Å². The van der Waals surface area contributed by atoms with Crippen molar-refractivity contribution in [2.75, 3.05) is 5.09 Å². The van der Waals surface area contributed by atoms with Crippen LogP contribution in [0.5, 0.6) is 0 Å². The average Bonchev–Trinajstić information content (AvgIpc) is 2.46. The molecule has 0 aromatic heterocycles. The second-order valence-corrected chi connectivity index (χ2v) is 8.91. The van der Waals surface area contributed by atoms with E-state index in [2.05, 4.69) is 31.6 Å². The van der Waals surface area contributed by atoms with E-state index in [-0.39, 0.29) is 5.54 Å². The zero-order chi connectivity index (χ0) is 17.5. The van der Waals surface area contributed by atoms with Crippen LogP contribution in [-0.4, -0.2) is 5.54 Å². The summed E-state index contributed by atoms with van der Waals surface area (Å²) in [5.74, 6) is 0. The number of para-hydroxylation sites is 1. The summed E-state index contributed by atoms with van der Waals surface area (Å²) in [7, 11) is -3.73. The van der Waals surface area contributed by atoms with Crippen LogP contribution in [0.2, 0.25) is 0 Å². The third-order valence-electron chi connectivity index (χ3n) is 2.85. The van der Waals surface area contributed by atoms with Crippen molar-refractivity contribution in [1.29, 1.82) is 0 Å². The van der Waals surface area contributed by atoms with Crippen molar-refractivity contribution >= 4 is 13.2 Å². The van der Waals surface area contributed by atoms with Gasteiger partial charge in [0.1, 0.15) is 7.52 Å². The maximum atomic E-state index is 12.2. The molecule has 0 saturated carbocycles. The first-order valence-corrected chi connectivity index (χ1v) is 9.33. The van der Waals surface area contributed by atoms with Gasteiger partial charge >= 0.3 is 0 Å². The average molecular weight is 334 g/mol. The van der Waals surface area contributed by atoms with Gasteiger partial charge in [-0.15, -0.1) is 0 Å². The van der Waals surface area contributed by atoms with Gasteiger partial charge in [-0.25, -0.2) is 0 Å². The molecule has 2 atom stereocenters. The molecule has 0 saturated heterocycles. The summed E-state index contributed by atoms with van der Waals surface area (Å²) >= 11 is 0. The Labute approximate surface area is 139 Å².